The highest BCUT2D eigenvalue weighted by molar-refractivity contribution is 7.89. The van der Waals surface area contributed by atoms with E-state index in [1.54, 1.807) is 13.8 Å². The Labute approximate surface area is 153 Å². The van der Waals surface area contributed by atoms with E-state index < -0.39 is 46.5 Å². The first-order chi connectivity index (χ1) is 12.7. The molecule has 8 nitrogen and oxygen atoms in total. The maximum absolute atomic E-state index is 13.2. The maximum Gasteiger partial charge on any atom is 0.331 e. The number of nitrogens with one attached hydrogen (secondary N) is 1. The van der Waals surface area contributed by atoms with Crippen LogP contribution in [0.15, 0.2) is 32.7 Å². The van der Waals surface area contributed by atoms with Crippen molar-refractivity contribution < 1.29 is 21.9 Å². The van der Waals surface area contributed by atoms with Crippen LogP contribution in [0, 0.1) is 0 Å². The molecule has 1 aromatic carbocycles. The molecule has 0 amide bonds. The number of aryl methyl sites for hydroxylation is 1. The van der Waals surface area contributed by atoms with Gasteiger partial charge in [0.2, 0.25) is 10.0 Å². The van der Waals surface area contributed by atoms with Crippen LogP contribution < -0.4 is 16.0 Å². The average molecular weight is 403 g/mol. The van der Waals surface area contributed by atoms with Gasteiger partial charge in [0.25, 0.3) is 12.0 Å². The van der Waals surface area contributed by atoms with Crippen LogP contribution in [0.1, 0.15) is 13.8 Å². The molecule has 0 atom stereocenters. The molecule has 27 heavy (non-hydrogen) atoms. The molecule has 0 spiro atoms. The third-order valence-electron chi connectivity index (χ3n) is 4.61. The van der Waals surface area contributed by atoms with Gasteiger partial charge in [0.05, 0.1) is 29.0 Å². The van der Waals surface area contributed by atoms with Crippen LogP contribution in [-0.4, -0.2) is 42.7 Å². The second-order valence-electron chi connectivity index (χ2n) is 6.31. The van der Waals surface area contributed by atoms with Crippen molar-refractivity contribution in [2.75, 3.05) is 13.2 Å². The molecule has 1 fully saturated rings. The number of alkyl halides is 2. The fourth-order valence-electron chi connectivity index (χ4n) is 3.03. The Balaban J connectivity index is 2.17. The monoisotopic (exact) mass is 403 g/mol. The zero-order valence-corrected chi connectivity index (χ0v) is 15.6. The summed E-state index contributed by atoms with van der Waals surface area (Å²) >= 11 is 0. The minimum absolute atomic E-state index is 0.0251. The summed E-state index contributed by atoms with van der Waals surface area (Å²) in [5.74, 6) is 0. The summed E-state index contributed by atoms with van der Waals surface area (Å²) in [7, 11) is -4.33. The number of rotatable bonds is 6. The normalized spacial score (nSPS) is 16.6. The van der Waals surface area contributed by atoms with E-state index in [-0.39, 0.29) is 28.9 Å². The van der Waals surface area contributed by atoms with E-state index in [9.17, 15) is 26.8 Å². The molecule has 2 heterocycles. The van der Waals surface area contributed by atoms with Crippen molar-refractivity contribution in [2.45, 2.75) is 43.8 Å². The van der Waals surface area contributed by atoms with Crippen molar-refractivity contribution in [2.24, 2.45) is 0 Å². The smallest absolute Gasteiger partial charge is 0.331 e. The van der Waals surface area contributed by atoms with E-state index in [1.807, 2.05) is 4.72 Å². The van der Waals surface area contributed by atoms with E-state index in [4.69, 9.17) is 4.74 Å². The Kier molecular flexibility index (Phi) is 4.95. The van der Waals surface area contributed by atoms with Gasteiger partial charge in [0.1, 0.15) is 5.54 Å². The zero-order chi connectivity index (χ0) is 20.0. The quantitative estimate of drug-likeness (QED) is 0.758. The van der Waals surface area contributed by atoms with Crippen molar-refractivity contribution >= 4 is 20.9 Å². The Morgan fingerprint density at radius 3 is 2.30 bits per heavy atom. The van der Waals surface area contributed by atoms with E-state index in [0.717, 1.165) is 10.6 Å². The molecule has 1 saturated heterocycles. The molecule has 0 radical (unpaired) electrons. The number of fused-ring (bicyclic) bond motifs is 1. The molecule has 1 N–H and O–H groups in total. The lowest BCUT2D eigenvalue weighted by molar-refractivity contribution is -0.134. The van der Waals surface area contributed by atoms with Gasteiger partial charge in [-0.25, -0.2) is 22.0 Å². The van der Waals surface area contributed by atoms with E-state index in [0.29, 0.717) is 0 Å². The summed E-state index contributed by atoms with van der Waals surface area (Å²) in [6.07, 6.45) is -2.94. The SMILES string of the molecule is CCn1c(=O)c2cc(S(=O)(=O)NC3(C(F)F)COC3)ccc2n(CC)c1=O. The van der Waals surface area contributed by atoms with Crippen molar-refractivity contribution in [1.82, 2.24) is 13.9 Å². The first-order valence-corrected chi connectivity index (χ1v) is 9.82. The Morgan fingerprint density at radius 1 is 1.19 bits per heavy atom. The van der Waals surface area contributed by atoms with Crippen molar-refractivity contribution in [3.05, 3.63) is 39.0 Å². The van der Waals surface area contributed by atoms with Gasteiger partial charge in [0, 0.05) is 13.1 Å². The molecular weight excluding hydrogens is 384 g/mol. The third-order valence-corrected chi connectivity index (χ3v) is 6.16. The third kappa shape index (κ3) is 3.09. The van der Waals surface area contributed by atoms with Crippen LogP contribution >= 0.6 is 0 Å². The van der Waals surface area contributed by atoms with Gasteiger partial charge in [-0.05, 0) is 32.0 Å². The average Bonchev–Trinajstić information content (AvgIpc) is 2.58. The summed E-state index contributed by atoms with van der Waals surface area (Å²) in [6.45, 7) is 2.88. The maximum atomic E-state index is 13.2. The molecule has 1 aliphatic heterocycles. The number of hydrogen-bond acceptors (Lipinski definition) is 5. The van der Waals surface area contributed by atoms with E-state index in [2.05, 4.69) is 0 Å². The number of aromatic nitrogens is 2. The van der Waals surface area contributed by atoms with Gasteiger partial charge in [-0.2, -0.15) is 4.72 Å². The minimum atomic E-state index is -4.33. The predicted molar refractivity (Wildman–Crippen MR) is 93.7 cm³/mol. The van der Waals surface area contributed by atoms with E-state index in [1.165, 1.54) is 16.7 Å². The number of nitrogens with zero attached hydrogens (tertiary/aromatic N) is 2. The second-order valence-corrected chi connectivity index (χ2v) is 7.99. The van der Waals surface area contributed by atoms with Gasteiger partial charge < -0.3 is 4.74 Å². The lowest BCUT2D eigenvalue weighted by Crippen LogP contribution is -2.66. The molecule has 11 heteroatoms. The molecule has 2 aromatic rings. The van der Waals surface area contributed by atoms with Crippen LogP contribution in [-0.2, 0) is 27.8 Å². The van der Waals surface area contributed by atoms with Crippen LogP contribution in [0.25, 0.3) is 10.9 Å². The molecule has 1 aromatic heterocycles. The van der Waals surface area contributed by atoms with Crippen LogP contribution in [0.5, 0.6) is 0 Å². The topological polar surface area (TPSA) is 99.4 Å². The first-order valence-electron chi connectivity index (χ1n) is 8.34. The molecule has 1 aliphatic rings. The van der Waals surface area contributed by atoms with E-state index >= 15 is 0 Å². The summed E-state index contributed by atoms with van der Waals surface area (Å²) in [5, 5.41) is 0.0251. The molecular formula is C16H19F2N3O5S. The fraction of sp³-hybridized carbons (Fsp3) is 0.500. The van der Waals surface area contributed by atoms with Gasteiger partial charge in [-0.15, -0.1) is 0 Å². The van der Waals surface area contributed by atoms with Crippen LogP contribution in [0.2, 0.25) is 0 Å². The van der Waals surface area contributed by atoms with Gasteiger partial charge in [-0.3, -0.25) is 13.9 Å². The van der Waals surface area contributed by atoms with Gasteiger partial charge in [-0.1, -0.05) is 0 Å². The Hall–Kier alpha value is -2.11. The van der Waals surface area contributed by atoms with Crippen LogP contribution in [0.3, 0.4) is 0 Å². The highest BCUT2D eigenvalue weighted by Gasteiger charge is 2.50. The lowest BCUT2D eigenvalue weighted by Gasteiger charge is -2.40. The number of benzene rings is 1. The zero-order valence-electron chi connectivity index (χ0n) is 14.7. The summed E-state index contributed by atoms with van der Waals surface area (Å²) in [6, 6.07) is 3.63. The molecule has 0 saturated carbocycles. The summed E-state index contributed by atoms with van der Waals surface area (Å²) in [4.78, 5) is 24.6. The van der Waals surface area contributed by atoms with Gasteiger partial charge in [0.15, 0.2) is 0 Å². The highest BCUT2D eigenvalue weighted by atomic mass is 32.2. The number of ether oxygens (including phenoxy) is 1. The Bertz CT molecular complexity index is 1100. The molecule has 0 aliphatic carbocycles. The number of halogens is 2. The summed E-state index contributed by atoms with van der Waals surface area (Å²) in [5.41, 5.74) is -2.81. The number of sulfonamides is 1. The van der Waals surface area contributed by atoms with Crippen molar-refractivity contribution in [1.29, 1.82) is 0 Å². The van der Waals surface area contributed by atoms with Gasteiger partial charge >= 0.3 is 5.69 Å². The van der Waals surface area contributed by atoms with Crippen molar-refractivity contribution in [3.63, 3.8) is 0 Å². The molecule has 148 valence electrons. The largest absolute Gasteiger partial charge is 0.377 e. The van der Waals surface area contributed by atoms with Crippen molar-refractivity contribution in [3.8, 4) is 0 Å². The predicted octanol–water partition coefficient (Wildman–Crippen LogP) is 0.515. The van der Waals surface area contributed by atoms with Crippen LogP contribution in [0.4, 0.5) is 8.78 Å². The second kappa shape index (κ2) is 6.80. The molecule has 0 bridgehead atoms. The summed E-state index contributed by atoms with van der Waals surface area (Å²) < 4.78 is 60.8. The Morgan fingerprint density at radius 2 is 1.81 bits per heavy atom. The fourth-order valence-corrected chi connectivity index (χ4v) is 4.41. The minimum Gasteiger partial charge on any atom is -0.377 e. The highest BCUT2D eigenvalue weighted by Crippen LogP contribution is 2.28. The number of hydrogen-bond donors (Lipinski definition) is 1. The standard InChI is InChI=1S/C16H19F2N3O5S/c1-3-20-12-6-5-10(7-11(12)13(22)21(4-2)15(20)23)27(24,25)19-16(14(17)18)8-26-9-16/h5-7,14,19H,3-4,8-9H2,1-2H3. The molecule has 3 rings (SSSR count). The first kappa shape index (κ1) is 19.6. The lowest BCUT2D eigenvalue weighted by atomic mass is 10.0. The molecule has 0 unspecified atom stereocenters.